The fourth-order valence-corrected chi connectivity index (χ4v) is 2.73. The average molecular weight is 405 g/mol. The molecule has 11 heteroatoms. The van der Waals surface area contributed by atoms with Gasteiger partial charge in [0.05, 0.1) is 21.6 Å². The first-order valence-electron chi connectivity index (χ1n) is 8.44. The normalized spacial score (nSPS) is 11.2. The summed E-state index contributed by atoms with van der Waals surface area (Å²) in [6.07, 6.45) is 2.70. The minimum Gasteiger partial charge on any atom is -0.502 e. The molecular formula is C19H11N5O6. The maximum absolute atomic E-state index is 11.1. The molecule has 4 aromatic rings. The molecule has 0 saturated heterocycles. The summed E-state index contributed by atoms with van der Waals surface area (Å²) in [6.45, 7) is 0. The molecule has 1 N–H and O–H groups in total. The Hall–Kier alpha value is -4.67. The minimum absolute atomic E-state index is 0.160. The van der Waals surface area contributed by atoms with E-state index in [1.165, 1.54) is 0 Å². The molecule has 2 heterocycles. The maximum atomic E-state index is 11.1. The van der Waals surface area contributed by atoms with Crippen LogP contribution in [-0.4, -0.2) is 31.1 Å². The third kappa shape index (κ3) is 3.54. The summed E-state index contributed by atoms with van der Waals surface area (Å²) < 4.78 is 5.61. The van der Waals surface area contributed by atoms with Crippen molar-refractivity contribution >= 4 is 34.5 Å². The van der Waals surface area contributed by atoms with Gasteiger partial charge in [0.15, 0.2) is 0 Å². The molecule has 148 valence electrons. The van der Waals surface area contributed by atoms with Crippen LogP contribution in [0.25, 0.3) is 22.7 Å². The zero-order valence-electron chi connectivity index (χ0n) is 15.0. The Morgan fingerprint density at radius 3 is 2.63 bits per heavy atom. The number of nitrogens with zero attached hydrogens (tertiary/aromatic N) is 5. The SMILES string of the molecule is O=[N+]([O-])c1cc(C=Nc2cccc(-c3nc4cccnc4o3)c2)c(O)c([N+](=O)[O-])c1. The van der Waals surface area contributed by atoms with E-state index in [0.29, 0.717) is 34.4 Å². The van der Waals surface area contributed by atoms with Crippen LogP contribution >= 0.6 is 0 Å². The van der Waals surface area contributed by atoms with Crippen molar-refractivity contribution in [2.45, 2.75) is 0 Å². The van der Waals surface area contributed by atoms with Gasteiger partial charge < -0.3 is 9.52 Å². The number of fused-ring (bicyclic) bond motifs is 1. The van der Waals surface area contributed by atoms with Gasteiger partial charge in [0.1, 0.15) is 5.52 Å². The zero-order chi connectivity index (χ0) is 21.3. The van der Waals surface area contributed by atoms with Gasteiger partial charge in [-0.3, -0.25) is 25.2 Å². The second-order valence-corrected chi connectivity index (χ2v) is 6.07. The van der Waals surface area contributed by atoms with Crippen molar-refractivity contribution < 1.29 is 19.4 Å². The van der Waals surface area contributed by atoms with Crippen LogP contribution in [0.5, 0.6) is 5.75 Å². The fourth-order valence-electron chi connectivity index (χ4n) is 2.73. The largest absolute Gasteiger partial charge is 0.502 e. The van der Waals surface area contributed by atoms with Gasteiger partial charge >= 0.3 is 5.69 Å². The highest BCUT2D eigenvalue weighted by Crippen LogP contribution is 2.34. The van der Waals surface area contributed by atoms with Gasteiger partial charge in [-0.1, -0.05) is 6.07 Å². The van der Waals surface area contributed by atoms with E-state index >= 15 is 0 Å². The Kier molecular flexibility index (Phi) is 4.60. The monoisotopic (exact) mass is 405 g/mol. The quantitative estimate of drug-likeness (QED) is 0.294. The molecule has 0 amide bonds. The van der Waals surface area contributed by atoms with Crippen LogP contribution in [0.3, 0.4) is 0 Å². The van der Waals surface area contributed by atoms with Crippen LogP contribution in [0.2, 0.25) is 0 Å². The Morgan fingerprint density at radius 2 is 1.90 bits per heavy atom. The number of rotatable bonds is 5. The number of hydrogen-bond donors (Lipinski definition) is 1. The van der Waals surface area contributed by atoms with Crippen molar-refractivity contribution in [3.05, 3.63) is 80.5 Å². The molecule has 30 heavy (non-hydrogen) atoms. The molecule has 0 bridgehead atoms. The summed E-state index contributed by atoms with van der Waals surface area (Å²) in [5, 5.41) is 32.1. The molecule has 0 atom stereocenters. The minimum atomic E-state index is -0.901. The topological polar surface area (TPSA) is 158 Å². The van der Waals surface area contributed by atoms with E-state index in [2.05, 4.69) is 15.0 Å². The molecule has 0 saturated carbocycles. The standard InChI is InChI=1S/C19H11N5O6/c25-17-12(8-14(23(26)27)9-16(17)24(28)29)10-21-13-4-1-3-11(7-13)18-22-15-5-2-6-20-19(15)30-18/h1-10,25H. The van der Waals surface area contributed by atoms with E-state index in [9.17, 15) is 25.3 Å². The lowest BCUT2D eigenvalue weighted by Crippen LogP contribution is -1.96. The van der Waals surface area contributed by atoms with Gasteiger partial charge in [-0.05, 0) is 30.3 Å². The third-order valence-corrected chi connectivity index (χ3v) is 4.12. The Morgan fingerprint density at radius 1 is 1.07 bits per heavy atom. The second-order valence-electron chi connectivity index (χ2n) is 6.07. The van der Waals surface area contributed by atoms with Crippen molar-refractivity contribution in [2.75, 3.05) is 0 Å². The number of oxazole rings is 1. The highest BCUT2D eigenvalue weighted by molar-refractivity contribution is 5.89. The number of nitro benzene ring substituents is 2. The van der Waals surface area contributed by atoms with E-state index in [1.807, 2.05) is 0 Å². The summed E-state index contributed by atoms with van der Waals surface area (Å²) in [7, 11) is 0. The number of hydrogen-bond acceptors (Lipinski definition) is 9. The van der Waals surface area contributed by atoms with Crippen LogP contribution in [0.4, 0.5) is 17.1 Å². The molecule has 0 aliphatic carbocycles. The predicted octanol–water partition coefficient (Wildman–Crippen LogP) is 4.16. The highest BCUT2D eigenvalue weighted by Gasteiger charge is 2.23. The summed E-state index contributed by atoms with van der Waals surface area (Å²) >= 11 is 0. The Bertz CT molecular complexity index is 1300. The van der Waals surface area contributed by atoms with Gasteiger partial charge in [0.2, 0.25) is 17.4 Å². The zero-order valence-corrected chi connectivity index (χ0v) is 15.0. The number of nitro groups is 2. The van der Waals surface area contributed by atoms with Crippen molar-refractivity contribution in [1.29, 1.82) is 0 Å². The number of pyridine rings is 1. The number of phenolic OH excluding ortho intramolecular Hbond substituents is 1. The van der Waals surface area contributed by atoms with Gasteiger partial charge in [-0.25, -0.2) is 9.97 Å². The van der Waals surface area contributed by atoms with Crippen LogP contribution in [0, 0.1) is 20.2 Å². The van der Waals surface area contributed by atoms with E-state index < -0.39 is 27.0 Å². The summed E-state index contributed by atoms with van der Waals surface area (Å²) in [5.41, 5.74) is 0.526. The number of aromatic hydroxyl groups is 1. The first-order chi connectivity index (χ1) is 14.4. The summed E-state index contributed by atoms with van der Waals surface area (Å²) in [6, 6.07) is 11.9. The van der Waals surface area contributed by atoms with E-state index in [1.54, 1.807) is 42.6 Å². The Balaban J connectivity index is 1.70. The molecule has 0 aliphatic heterocycles. The molecule has 0 unspecified atom stereocenters. The van der Waals surface area contributed by atoms with Crippen molar-refractivity contribution in [3.8, 4) is 17.2 Å². The highest BCUT2D eigenvalue weighted by atomic mass is 16.6. The lowest BCUT2D eigenvalue weighted by molar-refractivity contribution is -0.394. The predicted molar refractivity (Wildman–Crippen MR) is 106 cm³/mol. The molecule has 4 rings (SSSR count). The van der Waals surface area contributed by atoms with Gasteiger partial charge in [0.25, 0.3) is 5.69 Å². The summed E-state index contributed by atoms with van der Waals surface area (Å²) in [4.78, 5) is 33.0. The van der Waals surface area contributed by atoms with Crippen LogP contribution < -0.4 is 0 Å². The van der Waals surface area contributed by atoms with Crippen molar-refractivity contribution in [1.82, 2.24) is 9.97 Å². The van der Waals surface area contributed by atoms with Gasteiger partial charge in [-0.15, -0.1) is 0 Å². The van der Waals surface area contributed by atoms with Crippen molar-refractivity contribution in [3.63, 3.8) is 0 Å². The number of aliphatic imine (C=N–C) groups is 1. The molecule has 0 aliphatic rings. The van der Waals surface area contributed by atoms with Crippen LogP contribution in [-0.2, 0) is 0 Å². The second kappa shape index (κ2) is 7.39. The molecule has 0 spiro atoms. The molecular weight excluding hydrogens is 394 g/mol. The van der Waals surface area contributed by atoms with E-state index in [4.69, 9.17) is 4.42 Å². The van der Waals surface area contributed by atoms with E-state index in [0.717, 1.165) is 12.3 Å². The Labute approximate surface area is 167 Å². The summed E-state index contributed by atoms with van der Waals surface area (Å²) in [5.74, 6) is -0.384. The van der Waals surface area contributed by atoms with Gasteiger partial charge in [0, 0.05) is 29.6 Å². The molecule has 0 radical (unpaired) electrons. The smallest absolute Gasteiger partial charge is 0.318 e. The third-order valence-electron chi connectivity index (χ3n) is 4.12. The lowest BCUT2D eigenvalue weighted by Gasteiger charge is -2.01. The fraction of sp³-hybridized carbons (Fsp3) is 0. The molecule has 2 aromatic heterocycles. The molecule has 11 nitrogen and oxygen atoms in total. The maximum Gasteiger partial charge on any atom is 0.318 e. The number of aromatic nitrogens is 2. The van der Waals surface area contributed by atoms with Crippen molar-refractivity contribution in [2.24, 2.45) is 4.99 Å². The first kappa shape index (κ1) is 18.7. The molecule has 0 fully saturated rings. The van der Waals surface area contributed by atoms with Crippen LogP contribution in [0.15, 0.2) is 64.1 Å². The van der Waals surface area contributed by atoms with Crippen LogP contribution in [0.1, 0.15) is 5.56 Å². The average Bonchev–Trinajstić information content (AvgIpc) is 3.17. The first-order valence-corrected chi connectivity index (χ1v) is 8.44. The number of non-ortho nitro benzene ring substituents is 1. The van der Waals surface area contributed by atoms with E-state index in [-0.39, 0.29) is 5.56 Å². The molecule has 2 aromatic carbocycles. The number of phenols is 1. The lowest BCUT2D eigenvalue weighted by atomic mass is 10.1. The number of benzene rings is 2. The van der Waals surface area contributed by atoms with Gasteiger partial charge in [-0.2, -0.15) is 0 Å².